The van der Waals surface area contributed by atoms with Crippen molar-refractivity contribution in [3.8, 4) is 0 Å². The van der Waals surface area contributed by atoms with Crippen LogP contribution in [0.2, 0.25) is 0 Å². The van der Waals surface area contributed by atoms with E-state index in [9.17, 15) is 9.59 Å². The molecule has 0 unspecified atom stereocenters. The Morgan fingerprint density at radius 1 is 0.774 bits per heavy atom. The number of benzene rings is 2. The molecule has 9 heteroatoms. The number of ketones is 2. The van der Waals surface area contributed by atoms with Crippen LogP contribution in [0, 0.1) is 0 Å². The monoisotopic (exact) mass is 496 g/mol. The first-order chi connectivity index (χ1) is 14.6. The summed E-state index contributed by atoms with van der Waals surface area (Å²) in [6.45, 7) is 0.214. The fourth-order valence-corrected chi connectivity index (χ4v) is 4.40. The van der Waals surface area contributed by atoms with Crippen molar-refractivity contribution in [2.24, 2.45) is 0 Å². The average molecular weight is 496 g/mol. The van der Waals surface area contributed by atoms with Crippen LogP contribution in [0.5, 0.6) is 0 Å². The number of carbonyl (C=O) groups is 2. The van der Waals surface area contributed by atoms with E-state index in [1.807, 2.05) is 48.5 Å². The van der Waals surface area contributed by atoms with Crippen molar-refractivity contribution in [1.82, 2.24) is 0 Å². The first kappa shape index (κ1) is 25.3. The Balaban J connectivity index is 0.000000213. The molecule has 2 aliphatic rings. The summed E-state index contributed by atoms with van der Waals surface area (Å²) in [6, 6.07) is 15.6. The maximum absolute atomic E-state index is 11.3. The molecule has 0 bridgehead atoms. The molecule has 4 rings (SSSR count). The summed E-state index contributed by atoms with van der Waals surface area (Å²) >= 11 is 3.02. The van der Waals surface area contributed by atoms with Crippen LogP contribution in [0.4, 0.5) is 11.4 Å². The van der Waals surface area contributed by atoms with E-state index < -0.39 is 0 Å². The van der Waals surface area contributed by atoms with Crippen LogP contribution in [-0.4, -0.2) is 39.0 Å². The molecule has 0 atom stereocenters. The number of hydrogen-bond donors (Lipinski definition) is 0. The maximum atomic E-state index is 11.3. The van der Waals surface area contributed by atoms with E-state index in [1.165, 1.54) is 49.9 Å². The number of rotatable bonds is 6. The average Bonchev–Trinajstić information content (AvgIpc) is 3.31. The first-order valence-corrected chi connectivity index (χ1v) is 10.7. The number of para-hydroxylation sites is 2. The molecule has 0 aromatic heterocycles. The van der Waals surface area contributed by atoms with E-state index in [-0.39, 0.29) is 41.8 Å². The van der Waals surface area contributed by atoms with E-state index in [0.717, 1.165) is 31.2 Å². The Morgan fingerprint density at radius 2 is 1.16 bits per heavy atom. The molecule has 0 spiro atoms. The minimum absolute atomic E-state index is 0. The van der Waals surface area contributed by atoms with Crippen LogP contribution in [0.25, 0.3) is 10.6 Å². The van der Waals surface area contributed by atoms with Gasteiger partial charge >= 0.3 is 17.1 Å². The molecular weight excluding hydrogens is 476 g/mol. The van der Waals surface area contributed by atoms with Crippen molar-refractivity contribution in [2.75, 3.05) is 27.4 Å². The van der Waals surface area contributed by atoms with E-state index in [4.69, 9.17) is 9.47 Å². The summed E-state index contributed by atoms with van der Waals surface area (Å²) in [5, 5.41) is 10.1. The van der Waals surface area contributed by atoms with Gasteiger partial charge < -0.3 is 20.1 Å². The van der Waals surface area contributed by atoms with Crippen LogP contribution < -0.4 is 0 Å². The van der Waals surface area contributed by atoms with Gasteiger partial charge in [-0.05, 0) is 34.1 Å². The van der Waals surface area contributed by atoms with Crippen LogP contribution in [-0.2, 0) is 36.1 Å². The molecule has 31 heavy (non-hydrogen) atoms. The molecule has 0 fully saturated rings. The van der Waals surface area contributed by atoms with E-state index in [1.54, 1.807) is 0 Å². The molecular formula is C22H20FeN2O4S2. The SMILES string of the molecule is COCC(=O)/C=C1\[N-]c2ccccc2S1.COCC(=O)/C=C1\[N-]c2ccccc2S1.[Fe+2]. The molecule has 6 nitrogen and oxygen atoms in total. The molecule has 2 aromatic carbocycles. The van der Waals surface area contributed by atoms with Gasteiger partial charge in [-0.3, -0.25) is 9.59 Å². The largest absolute Gasteiger partial charge is 2.00 e. The minimum Gasteiger partial charge on any atom is -0.651 e. The molecule has 2 heterocycles. The predicted octanol–water partition coefficient (Wildman–Crippen LogP) is 5.71. The number of ether oxygens (including phenoxy) is 2. The molecule has 0 radical (unpaired) electrons. The van der Waals surface area contributed by atoms with Crippen molar-refractivity contribution in [2.45, 2.75) is 9.79 Å². The Hall–Kier alpha value is -2.00. The standard InChI is InChI=1S/2C11H11NO2S.Fe/c2*1-14-7-8(13)6-11-12-9-4-2-3-5-10(9)15-11;/h2*2-6H,7H2,1H3,(H,12,13);/q;;+2/p-2. The molecule has 162 valence electrons. The molecule has 0 aliphatic carbocycles. The number of carbonyl (C=O) groups excluding carboxylic acids is 2. The second kappa shape index (κ2) is 12.8. The number of hydrogen-bond acceptors (Lipinski definition) is 6. The van der Waals surface area contributed by atoms with Gasteiger partial charge in [0, 0.05) is 14.2 Å². The van der Waals surface area contributed by atoms with Gasteiger partial charge in [-0.1, -0.05) is 46.5 Å². The van der Waals surface area contributed by atoms with Crippen molar-refractivity contribution in [1.29, 1.82) is 0 Å². The van der Waals surface area contributed by atoms with E-state index >= 15 is 0 Å². The third-order valence-electron chi connectivity index (χ3n) is 3.76. The summed E-state index contributed by atoms with van der Waals surface area (Å²) in [5.41, 5.74) is 1.86. The molecule has 2 aliphatic heterocycles. The number of fused-ring (bicyclic) bond motifs is 2. The summed E-state index contributed by atoms with van der Waals surface area (Å²) in [5.74, 6) is -0.117. The van der Waals surface area contributed by atoms with Gasteiger partial charge in [-0.2, -0.15) is 0 Å². The molecule has 0 N–H and O–H groups in total. The zero-order valence-electron chi connectivity index (χ0n) is 16.9. The summed E-state index contributed by atoms with van der Waals surface area (Å²) in [4.78, 5) is 24.7. The van der Waals surface area contributed by atoms with Crippen LogP contribution in [0.3, 0.4) is 0 Å². The maximum Gasteiger partial charge on any atom is 2.00 e. The Labute approximate surface area is 200 Å². The number of nitrogens with zero attached hydrogens (tertiary/aromatic N) is 2. The third kappa shape index (κ3) is 7.57. The van der Waals surface area contributed by atoms with E-state index in [0.29, 0.717) is 0 Å². The third-order valence-corrected chi connectivity index (χ3v) is 5.73. The van der Waals surface area contributed by atoms with Crippen molar-refractivity contribution in [3.63, 3.8) is 0 Å². The fourth-order valence-electron chi connectivity index (χ4n) is 2.55. The van der Waals surface area contributed by atoms with Crippen LogP contribution in [0.15, 0.2) is 80.5 Å². The van der Waals surface area contributed by atoms with Gasteiger partial charge in [-0.25, -0.2) is 0 Å². The second-order valence-corrected chi connectivity index (χ2v) is 8.25. The van der Waals surface area contributed by atoms with Gasteiger partial charge in [-0.15, -0.1) is 34.9 Å². The van der Waals surface area contributed by atoms with E-state index in [2.05, 4.69) is 10.6 Å². The normalized spacial score (nSPS) is 15.7. The Kier molecular flexibility index (Phi) is 10.4. The van der Waals surface area contributed by atoms with Gasteiger partial charge in [0.05, 0.1) is 0 Å². The minimum atomic E-state index is -0.0587. The predicted molar refractivity (Wildman–Crippen MR) is 121 cm³/mol. The number of thioether (sulfide) groups is 2. The van der Waals surface area contributed by atoms with Crippen molar-refractivity contribution < 1.29 is 36.1 Å². The fraction of sp³-hybridized carbons (Fsp3) is 0.182. The zero-order chi connectivity index (χ0) is 21.3. The van der Waals surface area contributed by atoms with Crippen LogP contribution >= 0.6 is 23.5 Å². The van der Waals surface area contributed by atoms with Gasteiger partial charge in [0.2, 0.25) is 0 Å². The van der Waals surface area contributed by atoms with Crippen molar-refractivity contribution in [3.05, 3.63) is 81.4 Å². The summed E-state index contributed by atoms with van der Waals surface area (Å²) in [6.07, 6.45) is 3.04. The molecule has 0 saturated carbocycles. The Morgan fingerprint density at radius 3 is 1.52 bits per heavy atom. The molecule has 2 aromatic rings. The summed E-state index contributed by atoms with van der Waals surface area (Å²) in [7, 11) is 3.01. The summed E-state index contributed by atoms with van der Waals surface area (Å²) < 4.78 is 9.49. The molecule has 0 amide bonds. The molecule has 0 saturated heterocycles. The Bertz CT molecular complexity index is 861. The smallest absolute Gasteiger partial charge is 0.651 e. The second-order valence-electron chi connectivity index (χ2n) is 6.13. The van der Waals surface area contributed by atoms with Gasteiger partial charge in [0.1, 0.15) is 13.2 Å². The first-order valence-electron chi connectivity index (χ1n) is 9.03. The number of methoxy groups -OCH3 is 2. The van der Waals surface area contributed by atoms with Crippen LogP contribution in [0.1, 0.15) is 0 Å². The van der Waals surface area contributed by atoms with Gasteiger partial charge in [0.25, 0.3) is 0 Å². The zero-order valence-corrected chi connectivity index (χ0v) is 19.6. The topological polar surface area (TPSA) is 80.8 Å². The van der Waals surface area contributed by atoms with Gasteiger partial charge in [0.15, 0.2) is 11.6 Å². The quantitative estimate of drug-likeness (QED) is 0.377. The van der Waals surface area contributed by atoms with Crippen molar-refractivity contribution >= 4 is 46.5 Å².